The number of ether oxygens (including phenoxy) is 1. The highest BCUT2D eigenvalue weighted by Crippen LogP contribution is 2.10. The first-order valence-corrected chi connectivity index (χ1v) is 5.61. The van der Waals surface area contributed by atoms with Crippen LogP contribution in [-0.4, -0.2) is 61.8 Å². The minimum Gasteiger partial charge on any atom is -0.465 e. The van der Waals surface area contributed by atoms with Gasteiger partial charge in [0.2, 0.25) is 5.91 Å². The van der Waals surface area contributed by atoms with Gasteiger partial charge in [0.25, 0.3) is 6.47 Å². The zero-order chi connectivity index (χ0) is 13.3. The Morgan fingerprint density at radius 3 is 2.59 bits per heavy atom. The van der Waals surface area contributed by atoms with E-state index in [1.54, 1.807) is 0 Å². The number of hydrogen-bond donors (Lipinski definition) is 2. The van der Waals surface area contributed by atoms with Gasteiger partial charge in [-0.3, -0.25) is 9.59 Å². The molecule has 100 valence electrons. The quantitative estimate of drug-likeness (QED) is 0.529. The van der Waals surface area contributed by atoms with Gasteiger partial charge in [0.15, 0.2) is 0 Å². The molecule has 1 amide bonds. The van der Waals surface area contributed by atoms with Gasteiger partial charge in [-0.2, -0.15) is 0 Å². The van der Waals surface area contributed by atoms with Crippen LogP contribution in [0.15, 0.2) is 0 Å². The van der Waals surface area contributed by atoms with E-state index < -0.39 is 5.54 Å². The lowest BCUT2D eigenvalue weighted by atomic mass is 9.98. The molecule has 1 atom stereocenters. The molecule has 2 N–H and O–H groups in total. The number of carbonyl (C=O) groups is 2. The first-order chi connectivity index (χ1) is 7.99. The van der Waals surface area contributed by atoms with Crippen LogP contribution in [0.2, 0.25) is 0 Å². The Morgan fingerprint density at radius 2 is 2.18 bits per heavy atom. The van der Waals surface area contributed by atoms with Gasteiger partial charge in [-0.1, -0.05) is 6.92 Å². The van der Waals surface area contributed by atoms with E-state index in [0.717, 1.165) is 0 Å². The van der Waals surface area contributed by atoms with Crippen LogP contribution in [0, 0.1) is 0 Å². The molecule has 17 heavy (non-hydrogen) atoms. The first-order valence-electron chi connectivity index (χ1n) is 5.61. The lowest BCUT2D eigenvalue weighted by molar-refractivity contribution is -0.134. The maximum absolute atomic E-state index is 11.7. The van der Waals surface area contributed by atoms with Gasteiger partial charge in [-0.15, -0.1) is 0 Å². The fourth-order valence-corrected chi connectivity index (χ4v) is 1.30. The van der Waals surface area contributed by atoms with E-state index in [0.29, 0.717) is 25.9 Å². The summed E-state index contributed by atoms with van der Waals surface area (Å²) in [5, 5.41) is 12.0. The van der Waals surface area contributed by atoms with Crippen molar-refractivity contribution in [2.45, 2.75) is 25.3 Å². The van der Waals surface area contributed by atoms with Crippen LogP contribution in [0.3, 0.4) is 0 Å². The number of amides is 1. The van der Waals surface area contributed by atoms with Crippen molar-refractivity contribution in [1.29, 1.82) is 0 Å². The van der Waals surface area contributed by atoms with Crippen molar-refractivity contribution in [3.63, 3.8) is 0 Å². The van der Waals surface area contributed by atoms with Crippen LogP contribution in [0.1, 0.15) is 19.8 Å². The average molecular weight is 246 g/mol. The van der Waals surface area contributed by atoms with Gasteiger partial charge in [-0.05, 0) is 20.5 Å². The summed E-state index contributed by atoms with van der Waals surface area (Å²) in [5.41, 5.74) is -0.871. The first kappa shape index (κ1) is 15.9. The molecule has 6 nitrogen and oxygen atoms in total. The van der Waals surface area contributed by atoms with E-state index in [9.17, 15) is 14.7 Å². The molecule has 0 aliphatic carbocycles. The van der Waals surface area contributed by atoms with Crippen LogP contribution >= 0.6 is 0 Å². The maximum Gasteiger partial charge on any atom is 0.293 e. The summed E-state index contributed by atoms with van der Waals surface area (Å²) in [6.45, 7) is 2.48. The minimum atomic E-state index is -0.871. The zero-order valence-electron chi connectivity index (χ0n) is 10.7. The normalized spacial score (nSPS) is 14.2. The molecule has 0 fully saturated rings. The zero-order valence-corrected chi connectivity index (χ0v) is 10.7. The third-order valence-electron chi connectivity index (χ3n) is 2.60. The number of nitrogens with one attached hydrogen (secondary N) is 1. The average Bonchev–Trinajstić information content (AvgIpc) is 2.32. The van der Waals surface area contributed by atoms with E-state index in [1.165, 1.54) is 0 Å². The second kappa shape index (κ2) is 8.03. The van der Waals surface area contributed by atoms with E-state index in [2.05, 4.69) is 10.1 Å². The summed E-state index contributed by atoms with van der Waals surface area (Å²) >= 11 is 0. The van der Waals surface area contributed by atoms with E-state index in [4.69, 9.17) is 0 Å². The Hall–Kier alpha value is -1.14. The number of aliphatic hydroxyl groups is 1. The highest BCUT2D eigenvalue weighted by atomic mass is 16.5. The Morgan fingerprint density at radius 1 is 1.53 bits per heavy atom. The second-order valence-corrected chi connectivity index (χ2v) is 4.30. The van der Waals surface area contributed by atoms with Gasteiger partial charge in [-0.25, -0.2) is 0 Å². The van der Waals surface area contributed by atoms with Crippen LogP contribution < -0.4 is 5.32 Å². The molecule has 0 aliphatic heterocycles. The van der Waals surface area contributed by atoms with E-state index >= 15 is 0 Å². The summed E-state index contributed by atoms with van der Waals surface area (Å²) in [7, 11) is 3.75. The number of rotatable bonds is 9. The van der Waals surface area contributed by atoms with Gasteiger partial charge in [0.05, 0.1) is 12.1 Å². The van der Waals surface area contributed by atoms with Crippen LogP contribution in [0.25, 0.3) is 0 Å². The topological polar surface area (TPSA) is 78.9 Å². The largest absolute Gasteiger partial charge is 0.465 e. The molecule has 0 aromatic rings. The standard InChI is InChI=1S/C11H22N2O4/c1-4-11(7-14,8-17-9-15)12-10(16)5-6-13(2)3/h9,14H,4-8H2,1-3H3,(H,12,16). The van der Waals surface area contributed by atoms with Gasteiger partial charge >= 0.3 is 0 Å². The second-order valence-electron chi connectivity index (χ2n) is 4.30. The fraction of sp³-hybridized carbons (Fsp3) is 0.818. The Labute approximate surface area is 102 Å². The van der Waals surface area contributed by atoms with Crippen LogP contribution in [0.4, 0.5) is 0 Å². The van der Waals surface area contributed by atoms with Crippen LogP contribution in [-0.2, 0) is 14.3 Å². The van der Waals surface area contributed by atoms with E-state index in [-0.39, 0.29) is 19.1 Å². The molecule has 0 aliphatic rings. The Bertz CT molecular complexity index is 240. The SMILES string of the molecule is CCC(CO)(COC=O)NC(=O)CCN(C)C. The summed E-state index contributed by atoms with van der Waals surface area (Å²) in [5.74, 6) is -0.163. The third-order valence-corrected chi connectivity index (χ3v) is 2.60. The summed E-state index contributed by atoms with van der Waals surface area (Å²) in [6.07, 6.45) is 0.834. The number of carbonyl (C=O) groups excluding carboxylic acids is 2. The molecule has 0 rings (SSSR count). The highest BCUT2D eigenvalue weighted by molar-refractivity contribution is 5.77. The molecule has 0 bridgehead atoms. The molecule has 6 heteroatoms. The fourth-order valence-electron chi connectivity index (χ4n) is 1.30. The molecular weight excluding hydrogens is 224 g/mol. The minimum absolute atomic E-state index is 0.0167. The number of nitrogens with zero attached hydrogens (tertiary/aromatic N) is 1. The number of aliphatic hydroxyl groups excluding tert-OH is 1. The van der Waals surface area contributed by atoms with Crippen molar-refractivity contribution < 1.29 is 19.4 Å². The van der Waals surface area contributed by atoms with E-state index in [1.807, 2.05) is 25.9 Å². The Kier molecular flexibility index (Phi) is 7.49. The van der Waals surface area contributed by atoms with Gasteiger partial charge < -0.3 is 20.1 Å². The van der Waals surface area contributed by atoms with Gasteiger partial charge in [0.1, 0.15) is 6.61 Å². The van der Waals surface area contributed by atoms with Crippen molar-refractivity contribution in [3.05, 3.63) is 0 Å². The van der Waals surface area contributed by atoms with Crippen molar-refractivity contribution in [2.24, 2.45) is 0 Å². The predicted octanol–water partition coefficient (Wildman–Crippen LogP) is -0.632. The summed E-state index contributed by atoms with van der Waals surface area (Å²) in [4.78, 5) is 23.7. The Balaban J connectivity index is 4.31. The van der Waals surface area contributed by atoms with Crippen molar-refractivity contribution in [3.8, 4) is 0 Å². The van der Waals surface area contributed by atoms with Crippen molar-refractivity contribution in [2.75, 3.05) is 33.9 Å². The van der Waals surface area contributed by atoms with Crippen LogP contribution in [0.5, 0.6) is 0 Å². The molecule has 0 aromatic carbocycles. The summed E-state index contributed by atoms with van der Waals surface area (Å²) in [6, 6.07) is 0. The van der Waals surface area contributed by atoms with Gasteiger partial charge in [0, 0.05) is 13.0 Å². The summed E-state index contributed by atoms with van der Waals surface area (Å²) < 4.78 is 4.64. The monoisotopic (exact) mass is 246 g/mol. The number of hydrogen-bond acceptors (Lipinski definition) is 5. The molecule has 1 unspecified atom stereocenters. The third kappa shape index (κ3) is 6.23. The molecular formula is C11H22N2O4. The highest BCUT2D eigenvalue weighted by Gasteiger charge is 2.30. The maximum atomic E-state index is 11.7. The van der Waals surface area contributed by atoms with Crippen molar-refractivity contribution in [1.82, 2.24) is 10.2 Å². The predicted molar refractivity (Wildman–Crippen MR) is 63.4 cm³/mol. The lowest BCUT2D eigenvalue weighted by Gasteiger charge is -2.30. The molecule has 0 saturated heterocycles. The molecule has 0 aromatic heterocycles. The molecule has 0 radical (unpaired) electrons. The smallest absolute Gasteiger partial charge is 0.293 e. The molecule has 0 heterocycles. The lowest BCUT2D eigenvalue weighted by Crippen LogP contribution is -2.54. The molecule has 0 spiro atoms. The molecule has 0 saturated carbocycles. The van der Waals surface area contributed by atoms with Crippen molar-refractivity contribution >= 4 is 12.4 Å².